The Hall–Kier alpha value is -2.54. The number of benzene rings is 1. The topological polar surface area (TPSA) is 107 Å². The number of hydrogen-bond acceptors (Lipinski definition) is 6. The first-order chi connectivity index (χ1) is 11.3. The Balaban J connectivity index is 2.55. The number of β-amino-alcohol motifs (C(OH)–C–C–N with tert-alkyl or cyclic N) is 1. The number of phenolic OH excluding ortho intramolecular Hbond substituents is 1. The van der Waals surface area contributed by atoms with Crippen LogP contribution >= 0.6 is 0 Å². The molecule has 1 heterocycles. The molecule has 2 rings (SSSR count). The van der Waals surface area contributed by atoms with Crippen molar-refractivity contribution in [3.05, 3.63) is 35.1 Å². The Bertz CT molecular complexity index is 694. The summed E-state index contributed by atoms with van der Waals surface area (Å²) >= 11 is 0. The molecule has 7 heteroatoms. The summed E-state index contributed by atoms with van der Waals surface area (Å²) in [7, 11) is 0. The number of ether oxygens (including phenoxy) is 1. The van der Waals surface area contributed by atoms with E-state index in [1.165, 1.54) is 30.9 Å². The molecule has 3 N–H and O–H groups in total. The fraction of sp³-hybridized carbons (Fsp3) is 0.412. The van der Waals surface area contributed by atoms with Gasteiger partial charge in [-0.2, -0.15) is 0 Å². The van der Waals surface area contributed by atoms with Crippen molar-refractivity contribution in [3.8, 4) is 11.5 Å². The molecule has 0 aromatic heterocycles. The highest BCUT2D eigenvalue weighted by atomic mass is 16.5. The van der Waals surface area contributed by atoms with Crippen LogP contribution in [0.5, 0.6) is 11.5 Å². The Labute approximate surface area is 139 Å². The van der Waals surface area contributed by atoms with Crippen molar-refractivity contribution < 1.29 is 29.6 Å². The first-order valence-corrected chi connectivity index (χ1v) is 7.66. The van der Waals surface area contributed by atoms with Crippen molar-refractivity contribution in [2.45, 2.75) is 32.9 Å². The van der Waals surface area contributed by atoms with Gasteiger partial charge in [0, 0.05) is 6.54 Å². The molecule has 1 amide bonds. The van der Waals surface area contributed by atoms with Crippen molar-refractivity contribution in [2.75, 3.05) is 13.2 Å². The van der Waals surface area contributed by atoms with Crippen LogP contribution in [-0.4, -0.2) is 51.2 Å². The SMILES string of the molecule is CCOc1cc([C@@H]2C(C(C)=O)=C(O)C(=O)N2C[C@@H](C)O)ccc1O. The van der Waals surface area contributed by atoms with E-state index >= 15 is 0 Å². The standard InChI is InChI=1S/C17H21NO6/c1-4-24-13-7-11(5-6-12(13)21)15-14(10(3)20)16(22)17(23)18(15)8-9(2)19/h5-7,9,15,19,21-22H,4,8H2,1-3H3/t9-,15-/m1/s1. The van der Waals surface area contributed by atoms with E-state index < -0.39 is 29.6 Å². The van der Waals surface area contributed by atoms with Gasteiger partial charge in [-0.3, -0.25) is 9.59 Å². The number of hydrogen-bond donors (Lipinski definition) is 3. The number of nitrogens with zero attached hydrogens (tertiary/aromatic N) is 1. The normalized spacial score (nSPS) is 18.9. The average molecular weight is 335 g/mol. The third-order valence-electron chi connectivity index (χ3n) is 3.74. The van der Waals surface area contributed by atoms with Gasteiger partial charge in [0.1, 0.15) is 0 Å². The lowest BCUT2D eigenvalue weighted by Crippen LogP contribution is -2.36. The number of aliphatic hydroxyl groups excluding tert-OH is 2. The molecular formula is C17H21NO6. The van der Waals surface area contributed by atoms with Crippen LogP contribution in [0.1, 0.15) is 32.4 Å². The molecule has 0 bridgehead atoms. The minimum Gasteiger partial charge on any atom is -0.504 e. The minimum atomic E-state index is -0.843. The smallest absolute Gasteiger partial charge is 0.290 e. The first-order valence-electron chi connectivity index (χ1n) is 7.66. The van der Waals surface area contributed by atoms with E-state index in [0.29, 0.717) is 12.2 Å². The van der Waals surface area contributed by atoms with Crippen molar-refractivity contribution in [1.82, 2.24) is 4.90 Å². The predicted octanol–water partition coefficient (Wildman–Crippen LogP) is 1.46. The van der Waals surface area contributed by atoms with Crippen molar-refractivity contribution in [3.63, 3.8) is 0 Å². The van der Waals surface area contributed by atoms with Crippen LogP contribution in [0.3, 0.4) is 0 Å². The maximum absolute atomic E-state index is 12.3. The number of aromatic hydroxyl groups is 1. The van der Waals surface area contributed by atoms with Gasteiger partial charge < -0.3 is 25.0 Å². The second-order valence-electron chi connectivity index (χ2n) is 5.69. The largest absolute Gasteiger partial charge is 0.504 e. The summed E-state index contributed by atoms with van der Waals surface area (Å²) in [6.07, 6.45) is -0.834. The quantitative estimate of drug-likeness (QED) is 0.726. The fourth-order valence-corrected chi connectivity index (χ4v) is 2.80. The highest BCUT2D eigenvalue weighted by Gasteiger charge is 2.42. The number of rotatable bonds is 6. The second kappa shape index (κ2) is 6.92. The molecule has 0 unspecified atom stereocenters. The molecular weight excluding hydrogens is 314 g/mol. The lowest BCUT2D eigenvalue weighted by molar-refractivity contribution is -0.130. The van der Waals surface area contributed by atoms with Gasteiger partial charge in [-0.25, -0.2) is 0 Å². The van der Waals surface area contributed by atoms with Gasteiger partial charge in [0.05, 0.1) is 24.3 Å². The van der Waals surface area contributed by atoms with Gasteiger partial charge in [0.2, 0.25) is 0 Å². The zero-order valence-electron chi connectivity index (χ0n) is 13.8. The van der Waals surface area contributed by atoms with Gasteiger partial charge in [0.25, 0.3) is 5.91 Å². The Morgan fingerprint density at radius 1 is 1.38 bits per heavy atom. The average Bonchev–Trinajstić information content (AvgIpc) is 2.74. The molecule has 1 aliphatic heterocycles. The molecule has 1 aromatic carbocycles. The zero-order valence-corrected chi connectivity index (χ0v) is 13.8. The van der Waals surface area contributed by atoms with E-state index in [1.807, 2.05) is 0 Å². The summed E-state index contributed by atoms with van der Waals surface area (Å²) in [4.78, 5) is 25.5. The molecule has 0 saturated heterocycles. The Morgan fingerprint density at radius 3 is 2.58 bits per heavy atom. The molecule has 0 aliphatic carbocycles. The van der Waals surface area contributed by atoms with Crippen LogP contribution in [0.15, 0.2) is 29.5 Å². The number of carbonyl (C=O) groups is 2. The summed E-state index contributed by atoms with van der Waals surface area (Å²) in [6, 6.07) is 3.63. The summed E-state index contributed by atoms with van der Waals surface area (Å²) in [5.41, 5.74) is 0.466. The monoisotopic (exact) mass is 335 g/mol. The van der Waals surface area contributed by atoms with Gasteiger partial charge in [0.15, 0.2) is 23.0 Å². The maximum atomic E-state index is 12.3. The molecule has 0 radical (unpaired) electrons. The van der Waals surface area contributed by atoms with Crippen molar-refractivity contribution >= 4 is 11.7 Å². The molecule has 1 aromatic rings. The van der Waals surface area contributed by atoms with Crippen LogP contribution in [0.2, 0.25) is 0 Å². The molecule has 7 nitrogen and oxygen atoms in total. The molecule has 2 atom stereocenters. The van der Waals surface area contributed by atoms with E-state index in [0.717, 1.165) is 0 Å². The van der Waals surface area contributed by atoms with Crippen LogP contribution in [-0.2, 0) is 9.59 Å². The van der Waals surface area contributed by atoms with Crippen LogP contribution in [0, 0.1) is 0 Å². The summed E-state index contributed by atoms with van der Waals surface area (Å²) in [5, 5.41) is 29.5. The van der Waals surface area contributed by atoms with Gasteiger partial charge >= 0.3 is 0 Å². The lowest BCUT2D eigenvalue weighted by atomic mass is 9.96. The number of carbonyl (C=O) groups excluding carboxylic acids is 2. The Kier molecular flexibility index (Phi) is 5.14. The molecule has 0 saturated carbocycles. The molecule has 130 valence electrons. The summed E-state index contributed by atoms with van der Waals surface area (Å²) in [5.74, 6) is -1.61. The minimum absolute atomic E-state index is 0.0335. The van der Waals surface area contributed by atoms with Gasteiger partial charge in [-0.15, -0.1) is 0 Å². The summed E-state index contributed by atoms with van der Waals surface area (Å²) in [6.45, 7) is 4.82. The number of Topliss-reactive ketones (excluding diaryl/α,β-unsaturated/α-hetero) is 1. The van der Waals surface area contributed by atoms with E-state index in [-0.39, 0.29) is 23.6 Å². The first kappa shape index (κ1) is 17.8. The number of amides is 1. The number of aliphatic hydroxyl groups is 2. The van der Waals surface area contributed by atoms with Crippen molar-refractivity contribution in [1.29, 1.82) is 0 Å². The third kappa shape index (κ3) is 3.21. The predicted molar refractivity (Wildman–Crippen MR) is 85.7 cm³/mol. The maximum Gasteiger partial charge on any atom is 0.290 e. The van der Waals surface area contributed by atoms with Gasteiger partial charge in [-0.05, 0) is 38.5 Å². The highest BCUT2D eigenvalue weighted by Crippen LogP contribution is 2.40. The van der Waals surface area contributed by atoms with Crippen LogP contribution in [0.4, 0.5) is 0 Å². The Morgan fingerprint density at radius 2 is 2.04 bits per heavy atom. The molecule has 24 heavy (non-hydrogen) atoms. The van der Waals surface area contributed by atoms with Crippen LogP contribution in [0.25, 0.3) is 0 Å². The zero-order chi connectivity index (χ0) is 18.0. The molecule has 1 aliphatic rings. The highest BCUT2D eigenvalue weighted by molar-refractivity contribution is 6.08. The molecule has 0 spiro atoms. The van der Waals surface area contributed by atoms with E-state index in [1.54, 1.807) is 13.0 Å². The second-order valence-corrected chi connectivity index (χ2v) is 5.69. The van der Waals surface area contributed by atoms with E-state index in [9.17, 15) is 24.9 Å². The van der Waals surface area contributed by atoms with Crippen molar-refractivity contribution in [2.24, 2.45) is 0 Å². The fourth-order valence-electron chi connectivity index (χ4n) is 2.80. The van der Waals surface area contributed by atoms with E-state index in [2.05, 4.69) is 0 Å². The molecule has 0 fully saturated rings. The lowest BCUT2D eigenvalue weighted by Gasteiger charge is -2.28. The number of ketones is 1. The number of phenols is 1. The van der Waals surface area contributed by atoms with Gasteiger partial charge in [-0.1, -0.05) is 6.07 Å². The third-order valence-corrected chi connectivity index (χ3v) is 3.74. The van der Waals surface area contributed by atoms with Crippen LogP contribution < -0.4 is 4.74 Å². The summed E-state index contributed by atoms with van der Waals surface area (Å²) < 4.78 is 5.34. The van der Waals surface area contributed by atoms with E-state index in [4.69, 9.17) is 4.74 Å².